The first kappa shape index (κ1) is 41.2. The summed E-state index contributed by atoms with van der Waals surface area (Å²) < 4.78 is 3.73. The minimum absolute atomic E-state index is 0.0713. The molecule has 0 N–H and O–H groups in total. The van der Waals surface area contributed by atoms with Crippen LogP contribution in [0.5, 0.6) is 0 Å². The van der Waals surface area contributed by atoms with E-state index in [1.165, 1.54) is 0 Å². The van der Waals surface area contributed by atoms with Crippen LogP contribution in [-0.2, 0) is 0 Å². The van der Waals surface area contributed by atoms with Crippen LogP contribution in [0.25, 0.3) is 88.4 Å². The Morgan fingerprint density at radius 1 is 0.222 bits per heavy atom. The van der Waals surface area contributed by atoms with Gasteiger partial charge in [0.1, 0.15) is 102 Å². The van der Waals surface area contributed by atoms with E-state index in [-0.39, 0.29) is 82.1 Å². The van der Waals surface area contributed by atoms with Crippen molar-refractivity contribution in [2.75, 3.05) is 0 Å². The van der Waals surface area contributed by atoms with Crippen LogP contribution in [-0.4, -0.2) is 111 Å². The topological polar surface area (TPSA) is 9.86 Å². The molecule has 15 heteroatoms. The van der Waals surface area contributed by atoms with E-state index in [4.69, 9.17) is 102 Å². The number of para-hydroxylation sites is 1. The summed E-state index contributed by atoms with van der Waals surface area (Å²) >= 11 is 0. The predicted octanol–water partition coefficient (Wildman–Crippen LogP) is -2.80. The molecule has 0 bridgehead atoms. The van der Waals surface area contributed by atoms with E-state index in [2.05, 4.69) is 0 Å². The van der Waals surface area contributed by atoms with E-state index in [0.717, 1.165) is 16.7 Å². The smallest absolute Gasteiger partial charge is 0.115 e. The normalized spacial score (nSPS) is 11.7. The highest BCUT2D eigenvalue weighted by molar-refractivity contribution is 6.71. The zero-order chi connectivity index (χ0) is 44.3. The summed E-state index contributed by atoms with van der Waals surface area (Å²) in [4.78, 5) is 0. The number of nitrogens with zero attached hydrogens (tertiary/aromatic N) is 2. The second-order valence-corrected chi connectivity index (χ2v) is 15.7. The van der Waals surface area contributed by atoms with Crippen LogP contribution in [0.3, 0.4) is 0 Å². The van der Waals surface area contributed by atoms with Crippen LogP contribution < -0.4 is 71.0 Å². The van der Waals surface area contributed by atoms with E-state index in [1.807, 2.05) is 124 Å². The average Bonchev–Trinajstić information content (AvgIpc) is 3.86. The van der Waals surface area contributed by atoms with Gasteiger partial charge in [-0.25, -0.2) is 0 Å². The third kappa shape index (κ3) is 5.84. The second kappa shape index (κ2) is 15.2. The Morgan fingerprint density at radius 2 is 0.540 bits per heavy atom. The van der Waals surface area contributed by atoms with Crippen molar-refractivity contribution >= 4 is 217 Å². The number of hydrogen-bond acceptors (Lipinski definition) is 0. The Hall–Kier alpha value is -5.80. The molecule has 0 aliphatic rings. The van der Waals surface area contributed by atoms with Gasteiger partial charge in [-0.1, -0.05) is 146 Å². The number of hydrogen-bond donors (Lipinski definition) is 0. The van der Waals surface area contributed by atoms with Gasteiger partial charge in [0.25, 0.3) is 0 Å². The molecule has 10 rings (SSSR count). The van der Waals surface area contributed by atoms with Crippen LogP contribution >= 0.6 is 0 Å². The minimum Gasteiger partial charge on any atom is -0.311 e. The molecule has 0 fully saturated rings. The first-order valence-corrected chi connectivity index (χ1v) is 19.9. The number of aromatic nitrogens is 2. The molecule has 0 unspecified atom stereocenters. The molecule has 2 nitrogen and oxygen atoms in total. The van der Waals surface area contributed by atoms with Gasteiger partial charge in [0.15, 0.2) is 0 Å². The van der Waals surface area contributed by atoms with Crippen LogP contribution in [0.4, 0.5) is 0 Å². The van der Waals surface area contributed by atoms with Gasteiger partial charge in [-0.15, -0.1) is 16.4 Å². The summed E-state index contributed by atoms with van der Waals surface area (Å²) in [7, 11) is 90.9. The van der Waals surface area contributed by atoms with Gasteiger partial charge in [-0.2, -0.15) is 0 Å². The number of fused-ring (bicyclic) bond motifs is 6. The van der Waals surface area contributed by atoms with E-state index in [9.17, 15) is 0 Å². The van der Waals surface area contributed by atoms with Crippen molar-refractivity contribution < 1.29 is 0 Å². The summed E-state index contributed by atoms with van der Waals surface area (Å²) in [6, 6.07) is 36.9. The fraction of sp³-hybridized carbons (Fsp3) is 0. The Morgan fingerprint density at radius 3 is 1.03 bits per heavy atom. The summed E-state index contributed by atoms with van der Waals surface area (Å²) in [5.74, 6) is 0. The molecule has 0 amide bonds. The molecule has 260 valence electrons. The fourth-order valence-electron chi connectivity index (χ4n) is 9.32. The third-order valence-corrected chi connectivity index (χ3v) is 12.4. The Kier molecular flexibility index (Phi) is 9.94. The lowest BCUT2D eigenvalue weighted by Gasteiger charge is -2.25. The fourth-order valence-corrected chi connectivity index (χ4v) is 9.32. The maximum Gasteiger partial charge on any atom is 0.115 e. The van der Waals surface area contributed by atoms with Crippen molar-refractivity contribution in [2.45, 2.75) is 0 Å². The van der Waals surface area contributed by atoms with Crippen LogP contribution in [0.15, 0.2) is 115 Å². The molecule has 10 aromatic rings. The summed E-state index contributed by atoms with van der Waals surface area (Å²) in [6.45, 7) is 0. The highest BCUT2D eigenvalue weighted by atomic mass is 15.0. The standard InChI is InChI=1S/C48H19B13N2/c49-32-27(28-33(50)30-31-37(54)38(55)40(57)44(61)48(31)62(23-14-8-3-9-15-23)47(30)42(59)36(28)53)35(52)41(58)46-29(32)26-25(22-12-6-2-7-13-22)34(51)39(56)43(60)45(26)63(46)24-18-16-21(17-19-24)20-10-4-1-5-11-20/h1-19H. The quantitative estimate of drug-likeness (QED) is 0.168. The summed E-state index contributed by atoms with van der Waals surface area (Å²) in [5.41, 5.74) is 8.93. The first-order chi connectivity index (χ1) is 30.3. The van der Waals surface area contributed by atoms with Gasteiger partial charge < -0.3 is 9.13 Å². The first-order valence-electron chi connectivity index (χ1n) is 19.9. The maximum absolute atomic E-state index is 7.50. The highest BCUT2D eigenvalue weighted by Crippen LogP contribution is 2.37. The number of benzene rings is 8. The molecule has 2 heterocycles. The summed E-state index contributed by atoms with van der Waals surface area (Å²) in [5, 5.41) is 1.86. The Balaban J connectivity index is 1.39. The number of rotatable bonds is 5. The molecule has 2 aromatic heterocycles. The zero-order valence-corrected chi connectivity index (χ0v) is 33.9. The monoisotopic (exact) mass is 766 g/mol. The van der Waals surface area contributed by atoms with E-state index in [1.54, 1.807) is 0 Å². The van der Waals surface area contributed by atoms with Crippen LogP contribution in [0, 0.1) is 0 Å². The van der Waals surface area contributed by atoms with Gasteiger partial charge in [0.05, 0.1) is 0 Å². The summed E-state index contributed by atoms with van der Waals surface area (Å²) in [6.07, 6.45) is 0. The van der Waals surface area contributed by atoms with Crippen molar-refractivity contribution in [1.82, 2.24) is 9.13 Å². The van der Waals surface area contributed by atoms with E-state index < -0.39 is 0 Å². The minimum atomic E-state index is 0.0713. The molecule has 63 heavy (non-hydrogen) atoms. The van der Waals surface area contributed by atoms with Gasteiger partial charge in [-0.3, -0.25) is 0 Å². The molecule has 0 aliphatic heterocycles. The molecule has 0 saturated carbocycles. The largest absolute Gasteiger partial charge is 0.311 e. The molecule has 0 aliphatic carbocycles. The van der Waals surface area contributed by atoms with Crippen molar-refractivity contribution in [3.8, 4) is 44.8 Å². The SMILES string of the molecule is [B]c1c([B])c([B])c2c(c1[B])c1c([B])c(-c3c([B])c([B])c4c(c3[B])c3c(-c5ccccc5)c([B])c([B])c([B])c3n4-c3ccc(-c4ccccc4)cc3)c([B])c([B])c1n2-c1ccccc1. The lowest BCUT2D eigenvalue weighted by Crippen LogP contribution is -2.48. The van der Waals surface area contributed by atoms with Crippen molar-refractivity contribution in [1.29, 1.82) is 0 Å². The zero-order valence-electron chi connectivity index (χ0n) is 33.9. The van der Waals surface area contributed by atoms with E-state index in [0.29, 0.717) is 60.5 Å². The molecule has 0 spiro atoms. The van der Waals surface area contributed by atoms with Crippen molar-refractivity contribution in [3.63, 3.8) is 0 Å². The predicted molar refractivity (Wildman–Crippen MR) is 281 cm³/mol. The van der Waals surface area contributed by atoms with Crippen molar-refractivity contribution in [2.24, 2.45) is 0 Å². The lowest BCUT2D eigenvalue weighted by atomic mass is 9.61. The van der Waals surface area contributed by atoms with Crippen molar-refractivity contribution in [3.05, 3.63) is 115 Å². The Labute approximate surface area is 383 Å². The van der Waals surface area contributed by atoms with Crippen LogP contribution in [0.2, 0.25) is 0 Å². The molecule has 0 saturated heterocycles. The Bertz CT molecular complexity index is 3570. The molecule has 8 aromatic carbocycles. The average molecular weight is 764 g/mol. The third-order valence-electron chi connectivity index (χ3n) is 12.4. The maximum atomic E-state index is 7.50. The van der Waals surface area contributed by atoms with Gasteiger partial charge in [-0.05, 0) is 63.0 Å². The van der Waals surface area contributed by atoms with Gasteiger partial charge >= 0.3 is 0 Å². The van der Waals surface area contributed by atoms with E-state index >= 15 is 0 Å². The second-order valence-electron chi connectivity index (χ2n) is 15.7. The lowest BCUT2D eigenvalue weighted by molar-refractivity contribution is 1.19. The molecular weight excluding hydrogens is 745 g/mol. The van der Waals surface area contributed by atoms with Crippen LogP contribution in [0.1, 0.15) is 0 Å². The van der Waals surface area contributed by atoms with Gasteiger partial charge in [0, 0.05) is 49.6 Å². The molecule has 0 atom stereocenters. The highest BCUT2D eigenvalue weighted by Gasteiger charge is 2.29. The molecular formula is C48H19B13N2. The van der Waals surface area contributed by atoms with Gasteiger partial charge in [0.2, 0.25) is 0 Å². The molecule has 26 radical (unpaired) electrons.